The second-order valence-electron chi connectivity index (χ2n) is 6.25. The summed E-state index contributed by atoms with van der Waals surface area (Å²) < 4.78 is 0. The lowest BCUT2D eigenvalue weighted by Crippen LogP contribution is -2.30. The smallest absolute Gasteiger partial charge is 0.227 e. The molecule has 0 spiro atoms. The van der Waals surface area contributed by atoms with Crippen molar-refractivity contribution < 1.29 is 4.79 Å². The monoisotopic (exact) mass is 292 g/mol. The highest BCUT2D eigenvalue weighted by Gasteiger charge is 2.29. The van der Waals surface area contributed by atoms with Crippen LogP contribution in [0.4, 0.5) is 11.4 Å². The summed E-state index contributed by atoms with van der Waals surface area (Å²) in [4.78, 5) is 14.2. The minimum Gasteiger partial charge on any atom is -0.367 e. The highest BCUT2D eigenvalue weighted by atomic mass is 16.2. The van der Waals surface area contributed by atoms with Gasteiger partial charge in [0.2, 0.25) is 5.91 Å². The fourth-order valence-corrected chi connectivity index (χ4v) is 3.06. The molecule has 1 heterocycles. The van der Waals surface area contributed by atoms with Crippen molar-refractivity contribution in [3.8, 4) is 0 Å². The molecule has 0 bridgehead atoms. The molecule has 3 nitrogen and oxygen atoms in total. The number of nitrogens with one attached hydrogen (secondary N) is 1. The van der Waals surface area contributed by atoms with E-state index in [1.165, 1.54) is 16.8 Å². The predicted octanol–water partition coefficient (Wildman–Crippen LogP) is 3.60. The molecule has 0 saturated heterocycles. The molecular formula is C19H20N2O. The minimum atomic E-state index is 0.166. The van der Waals surface area contributed by atoms with Gasteiger partial charge in [0.15, 0.2) is 0 Å². The lowest BCUT2D eigenvalue weighted by atomic mass is 9.99. The quantitative estimate of drug-likeness (QED) is 0.937. The van der Waals surface area contributed by atoms with Gasteiger partial charge >= 0.3 is 0 Å². The first kappa shape index (κ1) is 13.4. The molecule has 1 N–H and O–H groups in total. The zero-order chi connectivity index (χ0) is 14.9. The van der Waals surface area contributed by atoms with E-state index in [2.05, 4.69) is 46.6 Å². The number of hydrogen-bond donors (Lipinski definition) is 1. The van der Waals surface area contributed by atoms with Crippen molar-refractivity contribution in [1.82, 2.24) is 0 Å². The van der Waals surface area contributed by atoms with E-state index in [0.29, 0.717) is 0 Å². The third kappa shape index (κ3) is 2.71. The summed E-state index contributed by atoms with van der Waals surface area (Å²) >= 11 is 0. The van der Waals surface area contributed by atoms with Crippen LogP contribution >= 0.6 is 0 Å². The molecule has 0 atom stereocenters. The molecule has 1 fully saturated rings. The molecule has 2 aromatic rings. The van der Waals surface area contributed by atoms with E-state index in [4.69, 9.17) is 0 Å². The molecule has 2 aliphatic rings. The number of nitrogens with zero attached hydrogens (tertiary/aromatic N) is 1. The lowest BCUT2D eigenvalue weighted by Gasteiger charge is -2.30. The van der Waals surface area contributed by atoms with E-state index in [1.54, 1.807) is 0 Å². The number of hydrogen-bond acceptors (Lipinski definition) is 2. The molecule has 3 heteroatoms. The molecule has 0 aromatic heterocycles. The third-order valence-corrected chi connectivity index (χ3v) is 4.58. The Morgan fingerprint density at radius 3 is 2.45 bits per heavy atom. The van der Waals surface area contributed by atoms with Gasteiger partial charge in [-0.15, -0.1) is 0 Å². The fraction of sp³-hybridized carbons (Fsp3) is 0.316. The summed E-state index contributed by atoms with van der Waals surface area (Å²) in [5.74, 6) is 0.415. The molecule has 1 aliphatic heterocycles. The standard InChI is InChI=1S/C19H20N2O/c22-19(15-5-6-15)20-17-7-9-18(10-8-17)21-12-11-14-3-1-2-4-16(14)13-21/h1-4,7-10,15H,5-6,11-13H2,(H,20,22). The molecule has 0 unspecified atom stereocenters. The van der Waals surface area contributed by atoms with E-state index in [0.717, 1.165) is 38.0 Å². The first-order valence-electron chi connectivity index (χ1n) is 8.02. The predicted molar refractivity (Wildman–Crippen MR) is 89.0 cm³/mol. The Kier molecular flexibility index (Phi) is 3.34. The summed E-state index contributed by atoms with van der Waals surface area (Å²) in [6.45, 7) is 2.01. The molecule has 1 saturated carbocycles. The lowest BCUT2D eigenvalue weighted by molar-refractivity contribution is -0.117. The van der Waals surface area contributed by atoms with E-state index in [1.807, 2.05) is 12.1 Å². The number of rotatable bonds is 3. The first-order chi connectivity index (χ1) is 10.8. The molecule has 1 amide bonds. The van der Waals surface area contributed by atoms with Crippen LogP contribution in [0.25, 0.3) is 0 Å². The van der Waals surface area contributed by atoms with Gasteiger partial charge < -0.3 is 10.2 Å². The van der Waals surface area contributed by atoms with E-state index in [-0.39, 0.29) is 11.8 Å². The van der Waals surface area contributed by atoms with Gasteiger partial charge in [0, 0.05) is 30.4 Å². The Balaban J connectivity index is 1.46. The Morgan fingerprint density at radius 1 is 1.00 bits per heavy atom. The Labute approximate surface area is 131 Å². The maximum absolute atomic E-state index is 11.8. The highest BCUT2D eigenvalue weighted by Crippen LogP contribution is 2.31. The summed E-state index contributed by atoms with van der Waals surface area (Å²) in [5, 5.41) is 2.99. The second kappa shape index (κ2) is 5.48. The van der Waals surface area contributed by atoms with Gasteiger partial charge in [0.1, 0.15) is 0 Å². The fourth-order valence-electron chi connectivity index (χ4n) is 3.06. The average molecular weight is 292 g/mol. The maximum Gasteiger partial charge on any atom is 0.227 e. The third-order valence-electron chi connectivity index (χ3n) is 4.58. The minimum absolute atomic E-state index is 0.166. The Hall–Kier alpha value is -2.29. The van der Waals surface area contributed by atoms with Crippen molar-refractivity contribution in [2.24, 2.45) is 5.92 Å². The SMILES string of the molecule is O=C(Nc1ccc(N2CCc3ccccc3C2)cc1)C1CC1. The molecule has 4 rings (SSSR count). The van der Waals surface area contributed by atoms with Gasteiger partial charge in [-0.05, 0) is 54.7 Å². The van der Waals surface area contributed by atoms with Gasteiger partial charge in [-0.3, -0.25) is 4.79 Å². The van der Waals surface area contributed by atoms with Crippen LogP contribution in [0.3, 0.4) is 0 Å². The largest absolute Gasteiger partial charge is 0.367 e. The molecule has 1 aliphatic carbocycles. The van der Waals surface area contributed by atoms with Crippen LogP contribution in [0.1, 0.15) is 24.0 Å². The van der Waals surface area contributed by atoms with Crippen molar-refractivity contribution in [1.29, 1.82) is 0 Å². The number of fused-ring (bicyclic) bond motifs is 1. The molecule has 2 aromatic carbocycles. The summed E-state index contributed by atoms with van der Waals surface area (Å²) in [7, 11) is 0. The number of anilines is 2. The average Bonchev–Trinajstić information content (AvgIpc) is 3.40. The van der Waals surface area contributed by atoms with E-state index < -0.39 is 0 Å². The van der Waals surface area contributed by atoms with Crippen LogP contribution < -0.4 is 10.2 Å². The normalized spacial score (nSPS) is 17.0. The van der Waals surface area contributed by atoms with Crippen LogP contribution in [0.15, 0.2) is 48.5 Å². The van der Waals surface area contributed by atoms with Crippen LogP contribution in [-0.2, 0) is 17.8 Å². The zero-order valence-electron chi connectivity index (χ0n) is 12.6. The van der Waals surface area contributed by atoms with Gasteiger partial charge in [-0.1, -0.05) is 24.3 Å². The van der Waals surface area contributed by atoms with Crippen LogP contribution in [0.5, 0.6) is 0 Å². The van der Waals surface area contributed by atoms with Gasteiger partial charge in [0.05, 0.1) is 0 Å². The summed E-state index contributed by atoms with van der Waals surface area (Å²) in [6, 6.07) is 16.9. The van der Waals surface area contributed by atoms with Gasteiger partial charge in [-0.25, -0.2) is 0 Å². The molecule has 112 valence electrons. The Bertz CT molecular complexity index is 689. The van der Waals surface area contributed by atoms with Crippen molar-refractivity contribution in [2.75, 3.05) is 16.8 Å². The first-order valence-corrected chi connectivity index (χ1v) is 8.02. The van der Waals surface area contributed by atoms with E-state index in [9.17, 15) is 4.79 Å². The summed E-state index contributed by atoms with van der Waals surface area (Å²) in [6.07, 6.45) is 3.17. The van der Waals surface area contributed by atoms with Crippen molar-refractivity contribution in [3.63, 3.8) is 0 Å². The molecular weight excluding hydrogens is 272 g/mol. The number of carbonyl (C=O) groups excluding carboxylic acids is 1. The van der Waals surface area contributed by atoms with Gasteiger partial charge in [-0.2, -0.15) is 0 Å². The molecule has 0 radical (unpaired) electrons. The van der Waals surface area contributed by atoms with Crippen molar-refractivity contribution in [2.45, 2.75) is 25.8 Å². The molecule has 22 heavy (non-hydrogen) atoms. The highest BCUT2D eigenvalue weighted by molar-refractivity contribution is 5.94. The van der Waals surface area contributed by atoms with Crippen LogP contribution in [0, 0.1) is 5.92 Å². The van der Waals surface area contributed by atoms with Gasteiger partial charge in [0.25, 0.3) is 0 Å². The topological polar surface area (TPSA) is 32.3 Å². The van der Waals surface area contributed by atoms with E-state index >= 15 is 0 Å². The number of carbonyl (C=O) groups is 1. The number of benzene rings is 2. The number of amides is 1. The second-order valence-corrected chi connectivity index (χ2v) is 6.25. The van der Waals surface area contributed by atoms with Crippen molar-refractivity contribution in [3.05, 3.63) is 59.7 Å². The van der Waals surface area contributed by atoms with Crippen molar-refractivity contribution >= 4 is 17.3 Å². The van der Waals surface area contributed by atoms with Crippen LogP contribution in [0.2, 0.25) is 0 Å². The maximum atomic E-state index is 11.8. The zero-order valence-corrected chi connectivity index (χ0v) is 12.6. The summed E-state index contributed by atoms with van der Waals surface area (Å²) in [5.41, 5.74) is 5.00. The van der Waals surface area contributed by atoms with Crippen LogP contribution in [-0.4, -0.2) is 12.5 Å². The Morgan fingerprint density at radius 2 is 1.73 bits per heavy atom.